The zero-order valence-electron chi connectivity index (χ0n) is 10.5. The average molecular weight is 271 g/mol. The van der Waals surface area contributed by atoms with Crippen molar-refractivity contribution in [2.24, 2.45) is 0 Å². The number of rotatable bonds is 3. The first kappa shape index (κ1) is 14.8. The number of nitrogens with one attached hydrogen (secondary N) is 1. The summed E-state index contributed by atoms with van der Waals surface area (Å²) in [6.07, 6.45) is 0. The minimum Gasteiger partial charge on any atom is -0.377 e. The lowest BCUT2D eigenvalue weighted by molar-refractivity contribution is -0.137. The summed E-state index contributed by atoms with van der Waals surface area (Å²) in [6.45, 7) is 4.32. The van der Waals surface area contributed by atoms with Crippen molar-refractivity contribution in [2.45, 2.75) is 13.0 Å². The zero-order chi connectivity index (χ0) is 12.1. The minimum absolute atomic E-state index is 0. The van der Waals surface area contributed by atoms with Crippen LogP contribution < -0.4 is 5.32 Å². The lowest BCUT2D eigenvalue weighted by atomic mass is 10.2. The van der Waals surface area contributed by atoms with Crippen LogP contribution in [0.1, 0.15) is 6.92 Å². The highest BCUT2D eigenvalue weighted by Crippen LogP contribution is 2.08. The molecule has 0 saturated carbocycles. The number of para-hydroxylation sites is 1. The van der Waals surface area contributed by atoms with Crippen molar-refractivity contribution in [2.75, 3.05) is 31.6 Å². The van der Waals surface area contributed by atoms with Crippen LogP contribution in [0.2, 0.25) is 0 Å². The van der Waals surface area contributed by atoms with E-state index in [1.54, 1.807) is 0 Å². The Kier molecular flexibility index (Phi) is 5.95. The smallest absolute Gasteiger partial charge is 0.242 e. The first-order chi connectivity index (χ1) is 8.27. The predicted molar refractivity (Wildman–Crippen MR) is 74.2 cm³/mol. The van der Waals surface area contributed by atoms with Crippen LogP contribution in [0.15, 0.2) is 30.3 Å². The number of morpholine rings is 1. The van der Waals surface area contributed by atoms with E-state index in [9.17, 15) is 4.79 Å². The van der Waals surface area contributed by atoms with Crippen LogP contribution in [-0.2, 0) is 9.53 Å². The Morgan fingerprint density at radius 2 is 2.17 bits per heavy atom. The van der Waals surface area contributed by atoms with Gasteiger partial charge in [0.25, 0.3) is 0 Å². The van der Waals surface area contributed by atoms with E-state index >= 15 is 0 Å². The van der Waals surface area contributed by atoms with Crippen LogP contribution in [0.4, 0.5) is 5.69 Å². The Hall–Kier alpha value is -1.26. The summed E-state index contributed by atoms with van der Waals surface area (Å²) >= 11 is 0. The van der Waals surface area contributed by atoms with Gasteiger partial charge >= 0.3 is 0 Å². The van der Waals surface area contributed by atoms with E-state index in [2.05, 4.69) is 5.32 Å². The van der Waals surface area contributed by atoms with Crippen LogP contribution in [-0.4, -0.2) is 43.2 Å². The van der Waals surface area contributed by atoms with E-state index in [1.807, 2.05) is 42.2 Å². The Morgan fingerprint density at radius 1 is 1.44 bits per heavy atom. The molecule has 1 N–H and O–H groups in total. The number of hydrogen-bond donors (Lipinski definition) is 1. The van der Waals surface area contributed by atoms with Crippen molar-refractivity contribution in [3.63, 3.8) is 0 Å². The van der Waals surface area contributed by atoms with Crippen LogP contribution >= 0.6 is 12.4 Å². The standard InChI is InChI=1S/C13H18N2O2.ClH/c1-11-10-17-8-7-15(11)13(16)9-14-12-5-3-2-4-6-12;/h2-6,11,14H,7-10H2,1H3;1H. The highest BCUT2D eigenvalue weighted by Gasteiger charge is 2.23. The zero-order valence-corrected chi connectivity index (χ0v) is 11.3. The maximum absolute atomic E-state index is 12.0. The molecule has 1 fully saturated rings. The van der Waals surface area contributed by atoms with Crippen molar-refractivity contribution in [3.05, 3.63) is 30.3 Å². The SMILES string of the molecule is CC1COCCN1C(=O)CNc1ccccc1.Cl. The molecule has 1 aliphatic rings. The molecule has 1 aromatic carbocycles. The van der Waals surface area contributed by atoms with Gasteiger partial charge in [-0.15, -0.1) is 12.4 Å². The monoisotopic (exact) mass is 270 g/mol. The average Bonchev–Trinajstić information content (AvgIpc) is 2.38. The van der Waals surface area contributed by atoms with Crippen LogP contribution in [0.3, 0.4) is 0 Å². The quantitative estimate of drug-likeness (QED) is 0.910. The Bertz CT molecular complexity index is 373. The van der Waals surface area contributed by atoms with Gasteiger partial charge in [-0.1, -0.05) is 18.2 Å². The molecule has 1 unspecified atom stereocenters. The molecule has 0 radical (unpaired) electrons. The molecule has 1 aliphatic heterocycles. The normalized spacial score (nSPS) is 18.9. The summed E-state index contributed by atoms with van der Waals surface area (Å²) < 4.78 is 5.31. The highest BCUT2D eigenvalue weighted by atomic mass is 35.5. The highest BCUT2D eigenvalue weighted by molar-refractivity contribution is 5.85. The number of anilines is 1. The van der Waals surface area contributed by atoms with Gasteiger partial charge in [0.05, 0.1) is 25.8 Å². The van der Waals surface area contributed by atoms with Gasteiger partial charge in [-0.05, 0) is 19.1 Å². The van der Waals surface area contributed by atoms with Gasteiger partial charge in [0.15, 0.2) is 0 Å². The number of carbonyl (C=O) groups excluding carboxylic acids is 1. The summed E-state index contributed by atoms with van der Waals surface area (Å²) in [7, 11) is 0. The summed E-state index contributed by atoms with van der Waals surface area (Å²) in [4.78, 5) is 13.9. The molecule has 1 aromatic rings. The molecule has 0 spiro atoms. The van der Waals surface area contributed by atoms with Crippen molar-refractivity contribution >= 4 is 24.0 Å². The second kappa shape index (κ2) is 7.24. The van der Waals surface area contributed by atoms with Gasteiger partial charge in [0.1, 0.15) is 0 Å². The third-order valence-electron chi connectivity index (χ3n) is 2.91. The van der Waals surface area contributed by atoms with Crippen LogP contribution in [0, 0.1) is 0 Å². The summed E-state index contributed by atoms with van der Waals surface area (Å²) in [5.41, 5.74) is 0.974. The second-order valence-corrected chi connectivity index (χ2v) is 4.23. The maximum Gasteiger partial charge on any atom is 0.242 e. The fourth-order valence-electron chi connectivity index (χ4n) is 1.93. The van der Waals surface area contributed by atoms with E-state index in [-0.39, 0.29) is 24.4 Å². The van der Waals surface area contributed by atoms with E-state index in [0.717, 1.165) is 5.69 Å². The molecule has 0 aliphatic carbocycles. The van der Waals surface area contributed by atoms with Crippen LogP contribution in [0.25, 0.3) is 0 Å². The number of carbonyl (C=O) groups is 1. The lowest BCUT2D eigenvalue weighted by Crippen LogP contribution is -2.49. The summed E-state index contributed by atoms with van der Waals surface area (Å²) in [5, 5.41) is 3.13. The number of benzene rings is 1. The second-order valence-electron chi connectivity index (χ2n) is 4.23. The minimum atomic E-state index is 0. The molecule has 18 heavy (non-hydrogen) atoms. The maximum atomic E-state index is 12.0. The van der Waals surface area contributed by atoms with E-state index in [1.165, 1.54) is 0 Å². The van der Waals surface area contributed by atoms with Crippen molar-refractivity contribution < 1.29 is 9.53 Å². The van der Waals surface area contributed by atoms with Gasteiger partial charge in [0, 0.05) is 12.2 Å². The van der Waals surface area contributed by atoms with Gasteiger partial charge in [-0.3, -0.25) is 4.79 Å². The predicted octanol–water partition coefficient (Wildman–Crippen LogP) is 1.77. The van der Waals surface area contributed by atoms with Gasteiger partial charge in [-0.2, -0.15) is 0 Å². The van der Waals surface area contributed by atoms with Gasteiger partial charge in [-0.25, -0.2) is 0 Å². The molecular weight excluding hydrogens is 252 g/mol. The molecule has 5 heteroatoms. The number of halogens is 1. The molecule has 0 bridgehead atoms. The molecule has 100 valence electrons. The van der Waals surface area contributed by atoms with E-state index < -0.39 is 0 Å². The number of amides is 1. The number of hydrogen-bond acceptors (Lipinski definition) is 3. The Labute approximate surface area is 114 Å². The summed E-state index contributed by atoms with van der Waals surface area (Å²) in [6, 6.07) is 9.94. The number of nitrogens with zero attached hydrogens (tertiary/aromatic N) is 1. The molecule has 2 rings (SSSR count). The number of ether oxygens (including phenoxy) is 1. The van der Waals surface area contributed by atoms with Gasteiger partial charge in [0.2, 0.25) is 5.91 Å². The molecule has 1 amide bonds. The first-order valence-corrected chi connectivity index (χ1v) is 5.93. The van der Waals surface area contributed by atoms with Crippen molar-refractivity contribution in [1.29, 1.82) is 0 Å². The van der Waals surface area contributed by atoms with Gasteiger partial charge < -0.3 is 15.0 Å². The third-order valence-corrected chi connectivity index (χ3v) is 2.91. The molecule has 0 aromatic heterocycles. The topological polar surface area (TPSA) is 41.6 Å². The fourth-order valence-corrected chi connectivity index (χ4v) is 1.93. The Morgan fingerprint density at radius 3 is 2.83 bits per heavy atom. The van der Waals surface area contributed by atoms with E-state index in [0.29, 0.717) is 26.3 Å². The van der Waals surface area contributed by atoms with Crippen molar-refractivity contribution in [1.82, 2.24) is 4.90 Å². The lowest BCUT2D eigenvalue weighted by Gasteiger charge is -2.33. The van der Waals surface area contributed by atoms with E-state index in [4.69, 9.17) is 4.74 Å². The van der Waals surface area contributed by atoms with Crippen molar-refractivity contribution in [3.8, 4) is 0 Å². The molecule has 4 nitrogen and oxygen atoms in total. The molecule has 1 heterocycles. The first-order valence-electron chi connectivity index (χ1n) is 5.93. The molecule has 1 atom stereocenters. The molecule has 1 saturated heterocycles. The third kappa shape index (κ3) is 3.89. The van der Waals surface area contributed by atoms with Crippen LogP contribution in [0.5, 0.6) is 0 Å². The largest absolute Gasteiger partial charge is 0.377 e. The molecular formula is C13H19ClN2O2. The Balaban J connectivity index is 0.00000162. The summed E-state index contributed by atoms with van der Waals surface area (Å²) in [5.74, 6) is 0.129. The fraction of sp³-hybridized carbons (Fsp3) is 0.462.